The van der Waals surface area contributed by atoms with E-state index in [1.54, 1.807) is 48.5 Å². The number of hydrogen-bond donors (Lipinski definition) is 1. The van der Waals surface area contributed by atoms with Gasteiger partial charge in [-0.25, -0.2) is 4.79 Å². The number of rotatable bonds is 7. The van der Waals surface area contributed by atoms with Crippen molar-refractivity contribution in [3.8, 4) is 0 Å². The highest BCUT2D eigenvalue weighted by molar-refractivity contribution is 6.08. The number of esters is 1. The minimum absolute atomic E-state index is 0.177. The molecule has 6 heteroatoms. The van der Waals surface area contributed by atoms with Gasteiger partial charge >= 0.3 is 5.97 Å². The highest BCUT2D eigenvalue weighted by Gasteiger charge is 2.25. The Balaban J connectivity index is 1.62. The van der Waals surface area contributed by atoms with Gasteiger partial charge in [-0.3, -0.25) is 9.59 Å². The van der Waals surface area contributed by atoms with Crippen LogP contribution in [-0.2, 0) is 9.53 Å². The van der Waals surface area contributed by atoms with Crippen LogP contribution in [-0.4, -0.2) is 41.9 Å². The minimum atomic E-state index is -0.632. The fraction of sp³-hybridized carbons (Fsp3) is 0.375. The van der Waals surface area contributed by atoms with E-state index in [0.717, 1.165) is 25.7 Å². The van der Waals surface area contributed by atoms with Gasteiger partial charge in [-0.05, 0) is 44.0 Å². The predicted octanol–water partition coefficient (Wildman–Crippen LogP) is 4.28. The molecule has 0 radical (unpaired) electrons. The molecule has 0 saturated heterocycles. The average molecular weight is 408 g/mol. The van der Waals surface area contributed by atoms with Crippen LogP contribution in [0.5, 0.6) is 0 Å². The second kappa shape index (κ2) is 10.6. The van der Waals surface area contributed by atoms with Crippen molar-refractivity contribution in [2.75, 3.05) is 18.5 Å². The maximum atomic E-state index is 12.6. The standard InChI is InChI=1S/C24H28N2O4/c1-2-26(19-13-7-4-8-14-19)22(27)17-30-24(29)20-15-9-10-16-21(20)25-23(28)18-11-5-3-6-12-18/h3,5-6,9-12,15-16,19H,2,4,7-8,13-14,17H2,1H3,(H,25,28). The molecule has 0 heterocycles. The molecule has 0 aromatic heterocycles. The van der Waals surface area contributed by atoms with E-state index in [0.29, 0.717) is 17.8 Å². The van der Waals surface area contributed by atoms with Gasteiger partial charge in [0.05, 0.1) is 11.3 Å². The number of anilines is 1. The molecule has 2 amide bonds. The van der Waals surface area contributed by atoms with E-state index < -0.39 is 5.97 Å². The molecule has 2 aromatic rings. The zero-order chi connectivity index (χ0) is 21.3. The number of carbonyl (C=O) groups is 3. The van der Waals surface area contributed by atoms with E-state index in [4.69, 9.17) is 4.74 Å². The number of carbonyl (C=O) groups excluding carboxylic acids is 3. The summed E-state index contributed by atoms with van der Waals surface area (Å²) in [4.78, 5) is 39.5. The third-order valence-electron chi connectivity index (χ3n) is 5.43. The van der Waals surface area contributed by atoms with Crippen molar-refractivity contribution in [1.82, 2.24) is 4.90 Å². The number of ether oxygens (including phenoxy) is 1. The highest BCUT2D eigenvalue weighted by atomic mass is 16.5. The molecule has 6 nitrogen and oxygen atoms in total. The highest BCUT2D eigenvalue weighted by Crippen LogP contribution is 2.23. The van der Waals surface area contributed by atoms with Gasteiger partial charge in [-0.2, -0.15) is 0 Å². The van der Waals surface area contributed by atoms with E-state index in [9.17, 15) is 14.4 Å². The second-order valence-electron chi connectivity index (χ2n) is 7.41. The van der Waals surface area contributed by atoms with E-state index in [1.807, 2.05) is 17.9 Å². The topological polar surface area (TPSA) is 75.7 Å². The molecule has 1 fully saturated rings. The molecule has 1 saturated carbocycles. The second-order valence-corrected chi connectivity index (χ2v) is 7.41. The first-order valence-electron chi connectivity index (χ1n) is 10.5. The van der Waals surface area contributed by atoms with Gasteiger partial charge in [0, 0.05) is 18.2 Å². The Morgan fingerprint density at radius 2 is 1.63 bits per heavy atom. The lowest BCUT2D eigenvalue weighted by atomic mass is 9.94. The molecule has 3 rings (SSSR count). The number of amides is 2. The van der Waals surface area contributed by atoms with Gasteiger partial charge in [0.2, 0.25) is 0 Å². The van der Waals surface area contributed by atoms with Crippen molar-refractivity contribution < 1.29 is 19.1 Å². The van der Waals surface area contributed by atoms with Gasteiger partial charge in [0.25, 0.3) is 11.8 Å². The molecule has 0 aliphatic heterocycles. The van der Waals surface area contributed by atoms with Gasteiger partial charge in [0.15, 0.2) is 6.61 Å². The van der Waals surface area contributed by atoms with Crippen LogP contribution in [0, 0.1) is 0 Å². The third kappa shape index (κ3) is 5.47. The molecule has 0 atom stereocenters. The summed E-state index contributed by atoms with van der Waals surface area (Å²) in [5.74, 6) is -1.13. The summed E-state index contributed by atoms with van der Waals surface area (Å²) < 4.78 is 5.31. The smallest absolute Gasteiger partial charge is 0.340 e. The van der Waals surface area contributed by atoms with Crippen LogP contribution in [0.15, 0.2) is 54.6 Å². The molecule has 158 valence electrons. The van der Waals surface area contributed by atoms with Crippen LogP contribution in [0.2, 0.25) is 0 Å². The van der Waals surface area contributed by atoms with Crippen LogP contribution < -0.4 is 5.32 Å². The van der Waals surface area contributed by atoms with Crippen LogP contribution in [0.25, 0.3) is 0 Å². The number of likely N-dealkylation sites (N-methyl/N-ethyl adjacent to an activating group) is 1. The Labute approximate surface area is 177 Å². The van der Waals surface area contributed by atoms with Gasteiger partial charge < -0.3 is 15.0 Å². The largest absolute Gasteiger partial charge is 0.452 e. The first-order chi connectivity index (χ1) is 14.6. The summed E-state index contributed by atoms with van der Waals surface area (Å²) in [6.07, 6.45) is 5.47. The normalized spacial score (nSPS) is 14.0. The van der Waals surface area contributed by atoms with Crippen molar-refractivity contribution in [3.63, 3.8) is 0 Å². The first kappa shape index (κ1) is 21.6. The number of nitrogens with one attached hydrogen (secondary N) is 1. The van der Waals surface area contributed by atoms with E-state index in [2.05, 4.69) is 5.32 Å². The van der Waals surface area contributed by atoms with Crippen molar-refractivity contribution in [2.45, 2.75) is 45.1 Å². The number of nitrogens with zero attached hydrogens (tertiary/aromatic N) is 1. The van der Waals surface area contributed by atoms with Crippen molar-refractivity contribution >= 4 is 23.5 Å². The van der Waals surface area contributed by atoms with Crippen molar-refractivity contribution in [2.24, 2.45) is 0 Å². The Morgan fingerprint density at radius 3 is 2.33 bits per heavy atom. The molecule has 1 aliphatic rings. The Morgan fingerprint density at radius 1 is 0.967 bits per heavy atom. The van der Waals surface area contributed by atoms with Gasteiger partial charge in [-0.1, -0.05) is 49.6 Å². The summed E-state index contributed by atoms with van der Waals surface area (Å²) in [5, 5.41) is 2.75. The molecule has 2 aromatic carbocycles. The number of para-hydroxylation sites is 1. The van der Waals surface area contributed by atoms with Crippen molar-refractivity contribution in [3.05, 3.63) is 65.7 Å². The molecule has 1 N–H and O–H groups in total. The maximum Gasteiger partial charge on any atom is 0.340 e. The predicted molar refractivity (Wildman–Crippen MR) is 115 cm³/mol. The monoisotopic (exact) mass is 408 g/mol. The average Bonchev–Trinajstić information content (AvgIpc) is 2.79. The molecule has 30 heavy (non-hydrogen) atoms. The molecule has 0 spiro atoms. The van der Waals surface area contributed by atoms with E-state index in [1.165, 1.54) is 6.42 Å². The zero-order valence-corrected chi connectivity index (χ0v) is 17.3. The first-order valence-corrected chi connectivity index (χ1v) is 10.5. The third-order valence-corrected chi connectivity index (χ3v) is 5.43. The molecule has 0 unspecified atom stereocenters. The molecule has 0 bridgehead atoms. The molecular formula is C24H28N2O4. The number of benzene rings is 2. The van der Waals surface area contributed by atoms with Gasteiger partial charge in [-0.15, -0.1) is 0 Å². The SMILES string of the molecule is CCN(C(=O)COC(=O)c1ccccc1NC(=O)c1ccccc1)C1CCCCC1. The minimum Gasteiger partial charge on any atom is -0.452 e. The van der Waals surface area contributed by atoms with Crippen molar-refractivity contribution in [1.29, 1.82) is 0 Å². The summed E-state index contributed by atoms with van der Waals surface area (Å²) >= 11 is 0. The lowest BCUT2D eigenvalue weighted by Crippen LogP contribution is -2.43. The lowest BCUT2D eigenvalue weighted by Gasteiger charge is -2.33. The molecule has 1 aliphatic carbocycles. The Hall–Kier alpha value is -3.15. The number of hydrogen-bond acceptors (Lipinski definition) is 4. The summed E-state index contributed by atoms with van der Waals surface area (Å²) in [6, 6.07) is 15.6. The van der Waals surface area contributed by atoms with Crippen LogP contribution >= 0.6 is 0 Å². The fourth-order valence-corrected chi connectivity index (χ4v) is 3.87. The Kier molecular flexibility index (Phi) is 7.60. The zero-order valence-electron chi connectivity index (χ0n) is 17.3. The van der Waals surface area contributed by atoms with Gasteiger partial charge in [0.1, 0.15) is 0 Å². The lowest BCUT2D eigenvalue weighted by molar-refractivity contribution is -0.137. The summed E-state index contributed by atoms with van der Waals surface area (Å²) in [7, 11) is 0. The molecular weight excluding hydrogens is 380 g/mol. The Bertz CT molecular complexity index is 876. The van der Waals surface area contributed by atoms with Crippen LogP contribution in [0.3, 0.4) is 0 Å². The van der Waals surface area contributed by atoms with E-state index in [-0.39, 0.29) is 30.0 Å². The quantitative estimate of drug-likeness (QED) is 0.694. The van der Waals surface area contributed by atoms with Crippen LogP contribution in [0.4, 0.5) is 5.69 Å². The summed E-state index contributed by atoms with van der Waals surface area (Å²) in [5.41, 5.74) is 1.06. The fourth-order valence-electron chi connectivity index (χ4n) is 3.87. The van der Waals surface area contributed by atoms with E-state index >= 15 is 0 Å². The van der Waals surface area contributed by atoms with Crippen LogP contribution in [0.1, 0.15) is 59.7 Å². The summed E-state index contributed by atoms with van der Waals surface area (Å²) in [6.45, 7) is 2.25. The maximum absolute atomic E-state index is 12.6.